The highest BCUT2D eigenvalue weighted by molar-refractivity contribution is 6.05. The molecule has 8 nitrogen and oxygen atoms in total. The number of ether oxygens (including phenoxy) is 2. The third-order valence-electron chi connectivity index (χ3n) is 4.26. The van der Waals surface area contributed by atoms with E-state index in [0.29, 0.717) is 0 Å². The van der Waals surface area contributed by atoms with E-state index in [1.54, 1.807) is 36.4 Å². The van der Waals surface area contributed by atoms with Crippen molar-refractivity contribution in [3.63, 3.8) is 0 Å². The van der Waals surface area contributed by atoms with Crippen molar-refractivity contribution >= 4 is 23.9 Å². The van der Waals surface area contributed by atoms with Crippen LogP contribution >= 0.6 is 0 Å². The molecule has 0 aromatic heterocycles. The number of imide groups is 1. The summed E-state index contributed by atoms with van der Waals surface area (Å²) in [5.74, 6) is -2.00. The van der Waals surface area contributed by atoms with Crippen LogP contribution in [0.1, 0.15) is 17.5 Å². The molecule has 1 heterocycles. The monoisotopic (exact) mass is 396 g/mol. The zero-order chi connectivity index (χ0) is 20.6. The summed E-state index contributed by atoms with van der Waals surface area (Å²) in [5.41, 5.74) is 1.58. The lowest BCUT2D eigenvalue weighted by Gasteiger charge is -2.19. The lowest BCUT2D eigenvalue weighted by Crippen LogP contribution is -2.45. The predicted molar refractivity (Wildman–Crippen MR) is 101 cm³/mol. The first-order valence-electron chi connectivity index (χ1n) is 9.06. The lowest BCUT2D eigenvalue weighted by molar-refractivity contribution is -0.156. The van der Waals surface area contributed by atoms with Crippen LogP contribution in [0, 0.1) is 0 Å². The Morgan fingerprint density at radius 3 is 2.21 bits per heavy atom. The van der Waals surface area contributed by atoms with Crippen LogP contribution in [0.2, 0.25) is 0 Å². The van der Waals surface area contributed by atoms with E-state index in [1.807, 2.05) is 24.3 Å². The van der Waals surface area contributed by atoms with Crippen LogP contribution < -0.4 is 10.6 Å². The highest BCUT2D eigenvalue weighted by Gasteiger charge is 2.36. The third-order valence-corrected chi connectivity index (χ3v) is 4.26. The summed E-state index contributed by atoms with van der Waals surface area (Å²) in [4.78, 5) is 47.7. The minimum Gasteiger partial charge on any atom is -0.450 e. The molecule has 1 aliphatic rings. The smallest absolute Gasteiger partial charge is 0.408 e. The molecular formula is C21H20N2O6. The quantitative estimate of drug-likeness (QED) is 0.542. The first-order valence-corrected chi connectivity index (χ1v) is 9.06. The summed E-state index contributed by atoms with van der Waals surface area (Å²) in [5, 5.41) is 4.56. The lowest BCUT2D eigenvalue weighted by atomic mass is 10.1. The van der Waals surface area contributed by atoms with Crippen LogP contribution in [0.3, 0.4) is 0 Å². The average Bonchev–Trinajstić information content (AvgIpc) is 3.04. The van der Waals surface area contributed by atoms with Gasteiger partial charge in [0.2, 0.25) is 5.91 Å². The molecule has 0 spiro atoms. The number of hydrogen-bond donors (Lipinski definition) is 2. The van der Waals surface area contributed by atoms with E-state index in [2.05, 4.69) is 10.6 Å². The van der Waals surface area contributed by atoms with Gasteiger partial charge in [-0.1, -0.05) is 60.7 Å². The van der Waals surface area contributed by atoms with E-state index in [-0.39, 0.29) is 19.4 Å². The molecule has 1 aliphatic heterocycles. The largest absolute Gasteiger partial charge is 0.450 e. The Morgan fingerprint density at radius 2 is 1.62 bits per heavy atom. The highest BCUT2D eigenvalue weighted by Crippen LogP contribution is 2.11. The van der Waals surface area contributed by atoms with E-state index in [9.17, 15) is 19.2 Å². The Bertz CT molecular complexity index is 885. The van der Waals surface area contributed by atoms with Crippen molar-refractivity contribution in [2.75, 3.05) is 0 Å². The fourth-order valence-electron chi connectivity index (χ4n) is 2.80. The van der Waals surface area contributed by atoms with Gasteiger partial charge in [-0.2, -0.15) is 0 Å². The maximum absolute atomic E-state index is 12.6. The second-order valence-electron chi connectivity index (χ2n) is 6.49. The molecule has 0 saturated carbocycles. The molecule has 2 aromatic rings. The molecule has 1 saturated heterocycles. The highest BCUT2D eigenvalue weighted by atomic mass is 16.6. The molecule has 8 heteroatoms. The number of esters is 1. The van der Waals surface area contributed by atoms with Crippen molar-refractivity contribution in [1.82, 2.24) is 10.6 Å². The number of carbonyl (C=O) groups excluding carboxylic acids is 4. The van der Waals surface area contributed by atoms with Crippen molar-refractivity contribution < 1.29 is 28.7 Å². The van der Waals surface area contributed by atoms with E-state index in [1.165, 1.54) is 0 Å². The number of amides is 3. The molecule has 0 aliphatic carbocycles. The van der Waals surface area contributed by atoms with Gasteiger partial charge in [0.1, 0.15) is 12.6 Å². The molecule has 150 valence electrons. The van der Waals surface area contributed by atoms with Crippen LogP contribution in [-0.4, -0.2) is 36.0 Å². The predicted octanol–water partition coefficient (Wildman–Crippen LogP) is 1.48. The SMILES string of the molecule is O=C1C[C@H](OC(=O)[C@H](Cc2ccccc2)NC(=O)OCc2ccccc2)C(=O)N1. The van der Waals surface area contributed by atoms with Crippen molar-refractivity contribution in [2.24, 2.45) is 0 Å². The van der Waals surface area contributed by atoms with Crippen molar-refractivity contribution in [1.29, 1.82) is 0 Å². The summed E-state index contributed by atoms with van der Waals surface area (Å²) in [6.07, 6.45) is -2.09. The van der Waals surface area contributed by atoms with Crippen LogP contribution in [0.5, 0.6) is 0 Å². The van der Waals surface area contributed by atoms with Gasteiger partial charge in [0.15, 0.2) is 6.10 Å². The molecule has 0 bridgehead atoms. The first-order chi connectivity index (χ1) is 14.0. The van der Waals surface area contributed by atoms with E-state index >= 15 is 0 Å². The molecule has 2 aromatic carbocycles. The minimum atomic E-state index is -1.20. The van der Waals surface area contributed by atoms with Gasteiger partial charge in [0.25, 0.3) is 5.91 Å². The van der Waals surface area contributed by atoms with Gasteiger partial charge in [-0.15, -0.1) is 0 Å². The van der Waals surface area contributed by atoms with Crippen LogP contribution in [0.4, 0.5) is 4.79 Å². The molecule has 2 atom stereocenters. The number of rotatable bonds is 7. The molecular weight excluding hydrogens is 376 g/mol. The van der Waals surface area contributed by atoms with Crippen LogP contribution in [0.25, 0.3) is 0 Å². The summed E-state index contributed by atoms with van der Waals surface area (Å²) < 4.78 is 10.3. The van der Waals surface area contributed by atoms with Gasteiger partial charge in [-0.05, 0) is 11.1 Å². The molecule has 1 fully saturated rings. The Kier molecular flexibility index (Phi) is 6.57. The summed E-state index contributed by atoms with van der Waals surface area (Å²) >= 11 is 0. The summed E-state index contributed by atoms with van der Waals surface area (Å²) in [6.45, 7) is 0.0410. The zero-order valence-electron chi connectivity index (χ0n) is 15.5. The molecule has 3 amide bonds. The standard InChI is InChI=1S/C21H20N2O6/c24-18-12-17(19(25)23-18)29-20(26)16(11-14-7-3-1-4-8-14)22-21(27)28-13-15-9-5-2-6-10-15/h1-10,16-17H,11-13H2,(H,22,27)(H,23,24,25)/t16-,17-/m0/s1. The zero-order valence-corrected chi connectivity index (χ0v) is 15.5. The maximum atomic E-state index is 12.6. The number of carbonyl (C=O) groups is 4. The fraction of sp³-hybridized carbons (Fsp3) is 0.238. The number of hydrogen-bond acceptors (Lipinski definition) is 6. The Morgan fingerprint density at radius 1 is 1.00 bits per heavy atom. The molecule has 2 N–H and O–H groups in total. The Hall–Kier alpha value is -3.68. The topological polar surface area (TPSA) is 111 Å². The van der Waals surface area contributed by atoms with Gasteiger partial charge in [0.05, 0.1) is 6.42 Å². The molecule has 0 radical (unpaired) electrons. The Balaban J connectivity index is 1.63. The molecule has 29 heavy (non-hydrogen) atoms. The number of benzene rings is 2. The molecule has 3 rings (SSSR count). The Labute approximate surface area is 167 Å². The molecule has 0 unspecified atom stereocenters. The number of nitrogens with one attached hydrogen (secondary N) is 2. The number of alkyl carbamates (subject to hydrolysis) is 1. The van der Waals surface area contributed by atoms with Gasteiger partial charge < -0.3 is 14.8 Å². The summed E-state index contributed by atoms with van der Waals surface area (Å²) in [7, 11) is 0. The normalized spacial score (nSPS) is 16.6. The second kappa shape index (κ2) is 9.50. The van der Waals surface area contributed by atoms with Crippen molar-refractivity contribution in [2.45, 2.75) is 31.6 Å². The second-order valence-corrected chi connectivity index (χ2v) is 6.49. The van der Waals surface area contributed by atoms with Gasteiger partial charge in [0, 0.05) is 6.42 Å². The van der Waals surface area contributed by atoms with E-state index in [0.717, 1.165) is 11.1 Å². The van der Waals surface area contributed by atoms with Crippen LogP contribution in [0.15, 0.2) is 60.7 Å². The van der Waals surface area contributed by atoms with Crippen molar-refractivity contribution in [3.8, 4) is 0 Å². The van der Waals surface area contributed by atoms with Crippen LogP contribution in [-0.2, 0) is 36.9 Å². The van der Waals surface area contributed by atoms with Gasteiger partial charge in [-0.25, -0.2) is 9.59 Å². The van der Waals surface area contributed by atoms with Crippen molar-refractivity contribution in [3.05, 3.63) is 71.8 Å². The van der Waals surface area contributed by atoms with E-state index in [4.69, 9.17) is 9.47 Å². The van der Waals surface area contributed by atoms with E-state index < -0.39 is 36.0 Å². The third kappa shape index (κ3) is 5.90. The average molecular weight is 396 g/mol. The van der Waals surface area contributed by atoms with Gasteiger partial charge >= 0.3 is 12.1 Å². The van der Waals surface area contributed by atoms with Gasteiger partial charge in [-0.3, -0.25) is 14.9 Å². The fourth-order valence-corrected chi connectivity index (χ4v) is 2.80. The summed E-state index contributed by atoms with van der Waals surface area (Å²) in [6, 6.07) is 17.0. The first kappa shape index (κ1) is 20.1. The minimum absolute atomic E-state index is 0.0410. The maximum Gasteiger partial charge on any atom is 0.408 e.